The van der Waals surface area contributed by atoms with Gasteiger partial charge in [-0.15, -0.1) is 11.8 Å². The van der Waals surface area contributed by atoms with Crippen molar-refractivity contribution in [3.05, 3.63) is 68.7 Å². The van der Waals surface area contributed by atoms with E-state index in [0.29, 0.717) is 15.8 Å². The summed E-state index contributed by atoms with van der Waals surface area (Å²) in [7, 11) is 0. The molecule has 2 aromatic rings. The molecule has 1 aliphatic carbocycles. The van der Waals surface area contributed by atoms with Gasteiger partial charge in [-0.25, -0.2) is 0 Å². The molecule has 184 valence electrons. The minimum absolute atomic E-state index is 0.0771. The average molecular weight is 522 g/mol. The fraction of sp³-hybridized carbons (Fsp3) is 0.481. The number of halogens is 2. The van der Waals surface area contributed by atoms with Gasteiger partial charge in [0.15, 0.2) is 0 Å². The number of aryl methyl sites for hydroxylation is 2. The molecule has 0 spiro atoms. The van der Waals surface area contributed by atoms with Crippen LogP contribution in [0.1, 0.15) is 61.3 Å². The Labute approximate surface area is 217 Å². The number of amides is 2. The van der Waals surface area contributed by atoms with Crippen LogP contribution in [0.5, 0.6) is 0 Å². The standard InChI is InChI=1S/C27H34Cl2N2O2S/c1-18-11-19(2)13-21(12-18)16-34-17-26(32)31(15-22-9-10-23(28)14-25(22)29)20(3)27(33)30-24-7-5-4-6-8-24/h9-14,20,24H,4-8,15-17H2,1-3H3,(H,30,33)/t20-/m0/s1. The highest BCUT2D eigenvalue weighted by Gasteiger charge is 2.28. The van der Waals surface area contributed by atoms with E-state index in [0.717, 1.165) is 37.0 Å². The normalized spacial score (nSPS) is 15.1. The molecule has 0 bridgehead atoms. The van der Waals surface area contributed by atoms with Crippen LogP contribution in [0.25, 0.3) is 0 Å². The van der Waals surface area contributed by atoms with Crippen LogP contribution in [0.3, 0.4) is 0 Å². The van der Waals surface area contributed by atoms with Gasteiger partial charge in [-0.3, -0.25) is 9.59 Å². The summed E-state index contributed by atoms with van der Waals surface area (Å²) in [6, 6.07) is 11.3. The molecule has 0 aromatic heterocycles. The van der Waals surface area contributed by atoms with Gasteiger partial charge in [-0.2, -0.15) is 0 Å². The van der Waals surface area contributed by atoms with Crippen molar-refractivity contribution in [1.29, 1.82) is 0 Å². The molecular formula is C27H34Cl2N2O2S. The summed E-state index contributed by atoms with van der Waals surface area (Å²) in [6.45, 7) is 6.22. The molecule has 4 nitrogen and oxygen atoms in total. The van der Waals surface area contributed by atoms with Crippen molar-refractivity contribution < 1.29 is 9.59 Å². The van der Waals surface area contributed by atoms with Crippen LogP contribution in [0.4, 0.5) is 0 Å². The zero-order valence-corrected chi connectivity index (χ0v) is 22.5. The van der Waals surface area contributed by atoms with Gasteiger partial charge in [0.2, 0.25) is 11.8 Å². The van der Waals surface area contributed by atoms with Crippen molar-refractivity contribution in [1.82, 2.24) is 10.2 Å². The highest BCUT2D eigenvalue weighted by Crippen LogP contribution is 2.25. The van der Waals surface area contributed by atoms with E-state index in [-0.39, 0.29) is 24.4 Å². The zero-order chi connectivity index (χ0) is 24.7. The molecule has 1 atom stereocenters. The summed E-state index contributed by atoms with van der Waals surface area (Å²) < 4.78 is 0. The predicted molar refractivity (Wildman–Crippen MR) is 144 cm³/mol. The monoisotopic (exact) mass is 520 g/mol. The molecule has 1 saturated carbocycles. The summed E-state index contributed by atoms with van der Waals surface area (Å²) in [4.78, 5) is 28.1. The fourth-order valence-electron chi connectivity index (χ4n) is 4.48. The lowest BCUT2D eigenvalue weighted by Crippen LogP contribution is -2.50. The smallest absolute Gasteiger partial charge is 0.242 e. The molecule has 7 heteroatoms. The Bertz CT molecular complexity index is 988. The first-order valence-corrected chi connectivity index (χ1v) is 13.8. The second kappa shape index (κ2) is 12.9. The molecule has 34 heavy (non-hydrogen) atoms. The maximum absolute atomic E-state index is 13.3. The predicted octanol–water partition coefficient (Wildman–Crippen LogP) is 6.71. The third-order valence-electron chi connectivity index (χ3n) is 6.25. The van der Waals surface area contributed by atoms with E-state index < -0.39 is 6.04 Å². The summed E-state index contributed by atoms with van der Waals surface area (Å²) >= 11 is 14.0. The van der Waals surface area contributed by atoms with Crippen LogP contribution >= 0.6 is 35.0 Å². The quantitative estimate of drug-likeness (QED) is 0.399. The van der Waals surface area contributed by atoms with Gasteiger partial charge >= 0.3 is 0 Å². The highest BCUT2D eigenvalue weighted by molar-refractivity contribution is 7.99. The first-order chi connectivity index (χ1) is 16.2. The Hall–Kier alpha value is -1.69. The minimum atomic E-state index is -0.594. The Balaban J connectivity index is 1.69. The highest BCUT2D eigenvalue weighted by atomic mass is 35.5. The second-order valence-electron chi connectivity index (χ2n) is 9.27. The molecular weight excluding hydrogens is 487 g/mol. The number of carbonyl (C=O) groups excluding carboxylic acids is 2. The third kappa shape index (κ3) is 7.93. The molecule has 1 N–H and O–H groups in total. The zero-order valence-electron chi connectivity index (χ0n) is 20.2. The number of nitrogens with one attached hydrogen (secondary N) is 1. The van der Waals surface area contributed by atoms with Crippen LogP contribution in [0.15, 0.2) is 36.4 Å². The van der Waals surface area contributed by atoms with Crippen LogP contribution in [-0.4, -0.2) is 34.6 Å². The lowest BCUT2D eigenvalue weighted by atomic mass is 9.95. The van der Waals surface area contributed by atoms with Gasteiger partial charge in [0.05, 0.1) is 5.75 Å². The van der Waals surface area contributed by atoms with Crippen LogP contribution in [-0.2, 0) is 21.9 Å². The molecule has 0 radical (unpaired) electrons. The van der Waals surface area contributed by atoms with Gasteiger partial charge in [-0.1, -0.05) is 77.9 Å². The SMILES string of the molecule is Cc1cc(C)cc(CSCC(=O)N(Cc2ccc(Cl)cc2Cl)[C@@H](C)C(=O)NC2CCCCC2)c1. The molecule has 1 aliphatic rings. The number of rotatable bonds is 9. The van der Waals surface area contributed by atoms with Gasteiger partial charge in [0.1, 0.15) is 6.04 Å². The Morgan fingerprint density at radius 2 is 1.74 bits per heavy atom. The van der Waals surface area contributed by atoms with Gasteiger partial charge in [-0.05, 0) is 56.9 Å². The molecule has 0 saturated heterocycles. The lowest BCUT2D eigenvalue weighted by molar-refractivity contribution is -0.139. The van der Waals surface area contributed by atoms with E-state index in [4.69, 9.17) is 23.2 Å². The van der Waals surface area contributed by atoms with Crippen LogP contribution < -0.4 is 5.32 Å². The summed E-state index contributed by atoms with van der Waals surface area (Å²) in [5.74, 6) is 0.849. The van der Waals surface area contributed by atoms with Crippen molar-refractivity contribution in [2.24, 2.45) is 0 Å². The topological polar surface area (TPSA) is 49.4 Å². The lowest BCUT2D eigenvalue weighted by Gasteiger charge is -2.31. The fourth-order valence-corrected chi connectivity index (χ4v) is 5.79. The van der Waals surface area contributed by atoms with E-state index in [2.05, 4.69) is 37.4 Å². The molecule has 2 aromatic carbocycles. The van der Waals surface area contributed by atoms with Crippen LogP contribution in [0.2, 0.25) is 10.0 Å². The maximum atomic E-state index is 13.3. The van der Waals surface area contributed by atoms with E-state index in [9.17, 15) is 9.59 Å². The van der Waals surface area contributed by atoms with Gasteiger partial charge in [0, 0.05) is 28.4 Å². The number of nitrogens with zero attached hydrogens (tertiary/aromatic N) is 1. The van der Waals surface area contributed by atoms with Crippen molar-refractivity contribution in [3.8, 4) is 0 Å². The number of hydrogen-bond acceptors (Lipinski definition) is 3. The van der Waals surface area contributed by atoms with E-state index >= 15 is 0 Å². The van der Waals surface area contributed by atoms with Crippen molar-refractivity contribution in [2.75, 3.05) is 5.75 Å². The van der Waals surface area contributed by atoms with Crippen molar-refractivity contribution in [2.45, 2.75) is 77.3 Å². The first kappa shape index (κ1) is 26.9. The number of thioether (sulfide) groups is 1. The van der Waals surface area contributed by atoms with Crippen LogP contribution in [0, 0.1) is 13.8 Å². The summed E-state index contributed by atoms with van der Waals surface area (Å²) in [5, 5.41) is 4.20. The van der Waals surface area contributed by atoms with Gasteiger partial charge < -0.3 is 10.2 Å². The molecule has 1 fully saturated rings. The number of benzene rings is 2. The van der Waals surface area contributed by atoms with Crippen molar-refractivity contribution in [3.63, 3.8) is 0 Å². The molecule has 0 heterocycles. The Kier molecular flexibility index (Phi) is 10.2. The molecule has 0 unspecified atom stereocenters. The molecule has 2 amide bonds. The maximum Gasteiger partial charge on any atom is 0.242 e. The van der Waals surface area contributed by atoms with E-state index in [1.165, 1.54) is 23.1 Å². The number of carbonyl (C=O) groups is 2. The summed E-state index contributed by atoms with van der Waals surface area (Å²) in [5.41, 5.74) is 4.41. The molecule has 3 rings (SSSR count). The Morgan fingerprint density at radius 1 is 1.06 bits per heavy atom. The second-order valence-corrected chi connectivity index (χ2v) is 11.1. The third-order valence-corrected chi connectivity index (χ3v) is 7.83. The minimum Gasteiger partial charge on any atom is -0.352 e. The summed E-state index contributed by atoms with van der Waals surface area (Å²) in [6.07, 6.45) is 5.50. The number of hydrogen-bond donors (Lipinski definition) is 1. The van der Waals surface area contributed by atoms with Crippen molar-refractivity contribution >= 4 is 46.8 Å². The van der Waals surface area contributed by atoms with E-state index in [1.807, 2.05) is 6.07 Å². The first-order valence-electron chi connectivity index (χ1n) is 11.9. The largest absolute Gasteiger partial charge is 0.352 e. The van der Waals surface area contributed by atoms with E-state index in [1.54, 1.807) is 35.7 Å². The average Bonchev–Trinajstić information content (AvgIpc) is 2.78. The molecule has 0 aliphatic heterocycles. The van der Waals surface area contributed by atoms with Gasteiger partial charge in [0.25, 0.3) is 0 Å². The Morgan fingerprint density at radius 3 is 2.38 bits per heavy atom.